The van der Waals surface area contributed by atoms with E-state index in [4.69, 9.17) is 11.6 Å². The summed E-state index contributed by atoms with van der Waals surface area (Å²) >= 11 is 6.20. The molecule has 0 aromatic heterocycles. The lowest BCUT2D eigenvalue weighted by molar-refractivity contribution is -0.135. The predicted molar refractivity (Wildman–Crippen MR) is 103 cm³/mol. The van der Waals surface area contributed by atoms with Crippen LogP contribution < -0.4 is 5.32 Å². The highest BCUT2D eigenvalue weighted by Crippen LogP contribution is 2.24. The molecule has 1 aliphatic rings. The van der Waals surface area contributed by atoms with E-state index < -0.39 is 6.04 Å². The number of likely N-dealkylation sites (tertiary alicyclic amines) is 1. The number of carbonyl (C=O) groups excluding carboxylic acids is 2. The summed E-state index contributed by atoms with van der Waals surface area (Å²) in [6, 6.07) is 15.3. The van der Waals surface area contributed by atoms with Gasteiger partial charge in [-0.15, -0.1) is 0 Å². The first-order valence-electron chi connectivity index (χ1n) is 8.91. The number of aryl methyl sites for hydroxylation is 1. The number of nitrogens with one attached hydrogen (secondary N) is 1. The summed E-state index contributed by atoms with van der Waals surface area (Å²) in [7, 11) is 0. The van der Waals surface area contributed by atoms with E-state index in [-0.39, 0.29) is 11.8 Å². The third-order valence-electron chi connectivity index (χ3n) is 4.72. The number of halogens is 1. The summed E-state index contributed by atoms with van der Waals surface area (Å²) < 4.78 is 0. The number of amides is 2. The van der Waals surface area contributed by atoms with Gasteiger partial charge in [0.2, 0.25) is 11.8 Å². The van der Waals surface area contributed by atoms with E-state index in [9.17, 15) is 9.59 Å². The molecule has 0 saturated carbocycles. The first-order chi connectivity index (χ1) is 12.5. The second kappa shape index (κ2) is 8.37. The first kappa shape index (κ1) is 18.5. The van der Waals surface area contributed by atoms with Crippen molar-refractivity contribution >= 4 is 23.4 Å². The number of rotatable bonds is 6. The lowest BCUT2D eigenvalue weighted by atomic mass is 10.1. The minimum atomic E-state index is -0.420. The van der Waals surface area contributed by atoms with Crippen LogP contribution in [0.15, 0.2) is 48.5 Å². The largest absolute Gasteiger partial charge is 0.354 e. The maximum absolute atomic E-state index is 12.6. The Morgan fingerprint density at radius 3 is 2.81 bits per heavy atom. The molecular weight excluding hydrogens is 348 g/mol. The Morgan fingerprint density at radius 1 is 1.23 bits per heavy atom. The SMILES string of the molecule is Cc1cccc(CCNC(=O)[C@H]2CCC(=O)N2Cc2ccccc2Cl)c1. The van der Waals surface area contributed by atoms with Crippen molar-refractivity contribution < 1.29 is 9.59 Å². The molecule has 5 heteroatoms. The molecule has 1 N–H and O–H groups in total. The van der Waals surface area contributed by atoms with E-state index in [1.807, 2.05) is 24.3 Å². The molecule has 2 amide bonds. The molecule has 3 rings (SSSR count). The van der Waals surface area contributed by atoms with Gasteiger partial charge in [0.05, 0.1) is 0 Å². The molecule has 2 aromatic rings. The van der Waals surface area contributed by atoms with Gasteiger partial charge in [-0.2, -0.15) is 0 Å². The van der Waals surface area contributed by atoms with Crippen molar-refractivity contribution in [3.05, 3.63) is 70.2 Å². The molecule has 4 nitrogen and oxygen atoms in total. The highest BCUT2D eigenvalue weighted by molar-refractivity contribution is 6.31. The number of nitrogens with zero attached hydrogens (tertiary/aromatic N) is 1. The zero-order valence-corrected chi connectivity index (χ0v) is 15.6. The van der Waals surface area contributed by atoms with E-state index in [0.717, 1.165) is 12.0 Å². The van der Waals surface area contributed by atoms with Crippen LogP contribution in [0.1, 0.15) is 29.5 Å². The van der Waals surface area contributed by atoms with E-state index in [2.05, 4.69) is 30.4 Å². The third-order valence-corrected chi connectivity index (χ3v) is 5.09. The molecule has 1 saturated heterocycles. The van der Waals surface area contributed by atoms with Crippen molar-refractivity contribution in [2.24, 2.45) is 0 Å². The quantitative estimate of drug-likeness (QED) is 0.846. The molecule has 1 heterocycles. The molecule has 0 bridgehead atoms. The Labute approximate surface area is 159 Å². The number of hydrogen-bond donors (Lipinski definition) is 1. The van der Waals surface area contributed by atoms with Crippen molar-refractivity contribution in [1.29, 1.82) is 0 Å². The average Bonchev–Trinajstić information content (AvgIpc) is 2.98. The standard InChI is InChI=1S/C21H23ClN2O2/c1-15-5-4-6-16(13-15)11-12-23-21(26)19-9-10-20(25)24(19)14-17-7-2-3-8-18(17)22/h2-8,13,19H,9-12,14H2,1H3,(H,23,26)/t19-/m1/s1. The van der Waals surface area contributed by atoms with Crippen LogP contribution in [-0.4, -0.2) is 29.3 Å². The monoisotopic (exact) mass is 370 g/mol. The summed E-state index contributed by atoms with van der Waals surface area (Å²) in [5.74, 6) is -0.0840. The molecule has 0 spiro atoms. The van der Waals surface area contributed by atoms with Gasteiger partial charge in [0.1, 0.15) is 6.04 Å². The van der Waals surface area contributed by atoms with Crippen LogP contribution in [0.25, 0.3) is 0 Å². The van der Waals surface area contributed by atoms with Gasteiger partial charge >= 0.3 is 0 Å². The molecule has 1 aliphatic heterocycles. The number of carbonyl (C=O) groups is 2. The van der Waals surface area contributed by atoms with Gasteiger partial charge in [-0.3, -0.25) is 9.59 Å². The van der Waals surface area contributed by atoms with E-state index in [0.29, 0.717) is 31.0 Å². The third kappa shape index (κ3) is 4.44. The van der Waals surface area contributed by atoms with Crippen molar-refractivity contribution in [3.63, 3.8) is 0 Å². The van der Waals surface area contributed by atoms with Crippen LogP contribution in [0.5, 0.6) is 0 Å². The Bertz CT molecular complexity index is 806. The number of hydrogen-bond acceptors (Lipinski definition) is 2. The van der Waals surface area contributed by atoms with E-state index >= 15 is 0 Å². The van der Waals surface area contributed by atoms with Crippen LogP contribution in [-0.2, 0) is 22.6 Å². The van der Waals surface area contributed by atoms with Gasteiger partial charge < -0.3 is 10.2 Å². The summed E-state index contributed by atoms with van der Waals surface area (Å²) in [5.41, 5.74) is 3.27. The Balaban J connectivity index is 1.58. The summed E-state index contributed by atoms with van der Waals surface area (Å²) in [5, 5.41) is 3.59. The van der Waals surface area contributed by atoms with Crippen LogP contribution >= 0.6 is 11.6 Å². The molecule has 26 heavy (non-hydrogen) atoms. The highest BCUT2D eigenvalue weighted by Gasteiger charge is 2.35. The molecule has 2 aromatic carbocycles. The Morgan fingerprint density at radius 2 is 2.04 bits per heavy atom. The lowest BCUT2D eigenvalue weighted by Crippen LogP contribution is -2.44. The van der Waals surface area contributed by atoms with Gasteiger partial charge in [-0.05, 0) is 37.0 Å². The molecule has 1 atom stereocenters. The molecule has 136 valence electrons. The smallest absolute Gasteiger partial charge is 0.242 e. The zero-order valence-electron chi connectivity index (χ0n) is 14.9. The second-order valence-electron chi connectivity index (χ2n) is 6.70. The predicted octanol–water partition coefficient (Wildman–Crippen LogP) is 3.50. The summed E-state index contributed by atoms with van der Waals surface area (Å²) in [6.45, 7) is 2.99. The van der Waals surface area contributed by atoms with Crippen molar-refractivity contribution in [2.45, 2.75) is 38.8 Å². The fourth-order valence-corrected chi connectivity index (χ4v) is 3.53. The van der Waals surface area contributed by atoms with E-state index in [1.54, 1.807) is 11.0 Å². The van der Waals surface area contributed by atoms with Crippen molar-refractivity contribution in [1.82, 2.24) is 10.2 Å². The van der Waals surface area contributed by atoms with Crippen molar-refractivity contribution in [2.75, 3.05) is 6.54 Å². The van der Waals surface area contributed by atoms with Gasteiger partial charge in [-0.25, -0.2) is 0 Å². The van der Waals surface area contributed by atoms with Gasteiger partial charge in [0.15, 0.2) is 0 Å². The van der Waals surface area contributed by atoms with Crippen LogP contribution in [0.4, 0.5) is 0 Å². The molecule has 1 fully saturated rings. The molecule has 0 aliphatic carbocycles. The van der Waals surface area contributed by atoms with Gasteiger partial charge in [0, 0.05) is 24.5 Å². The fraction of sp³-hybridized carbons (Fsp3) is 0.333. The summed E-state index contributed by atoms with van der Waals surface area (Å²) in [6.07, 6.45) is 1.73. The van der Waals surface area contributed by atoms with Gasteiger partial charge in [-0.1, -0.05) is 59.6 Å². The molecule has 0 radical (unpaired) electrons. The molecule has 0 unspecified atom stereocenters. The fourth-order valence-electron chi connectivity index (χ4n) is 3.33. The maximum atomic E-state index is 12.6. The van der Waals surface area contributed by atoms with E-state index in [1.165, 1.54) is 11.1 Å². The minimum absolute atomic E-state index is 0.00348. The topological polar surface area (TPSA) is 49.4 Å². The number of benzene rings is 2. The van der Waals surface area contributed by atoms with Crippen LogP contribution in [0, 0.1) is 6.92 Å². The van der Waals surface area contributed by atoms with Crippen LogP contribution in [0.3, 0.4) is 0 Å². The minimum Gasteiger partial charge on any atom is -0.354 e. The van der Waals surface area contributed by atoms with Crippen molar-refractivity contribution in [3.8, 4) is 0 Å². The Kier molecular flexibility index (Phi) is 5.94. The lowest BCUT2D eigenvalue weighted by Gasteiger charge is -2.24. The highest BCUT2D eigenvalue weighted by atomic mass is 35.5. The second-order valence-corrected chi connectivity index (χ2v) is 7.10. The zero-order chi connectivity index (χ0) is 18.5. The summed E-state index contributed by atoms with van der Waals surface area (Å²) in [4.78, 5) is 26.5. The molecular formula is C21H23ClN2O2. The maximum Gasteiger partial charge on any atom is 0.242 e. The van der Waals surface area contributed by atoms with Crippen LogP contribution in [0.2, 0.25) is 5.02 Å². The first-order valence-corrected chi connectivity index (χ1v) is 9.28. The Hall–Kier alpha value is -2.33. The normalized spacial score (nSPS) is 16.8. The van der Waals surface area contributed by atoms with Gasteiger partial charge in [0.25, 0.3) is 0 Å². The average molecular weight is 371 g/mol.